The van der Waals surface area contributed by atoms with E-state index in [4.69, 9.17) is 14.7 Å². The third kappa shape index (κ3) is 5.47. The lowest BCUT2D eigenvalue weighted by atomic mass is 10.1. The Hall–Kier alpha value is -3.84. The smallest absolute Gasteiger partial charge is 0.251 e. The number of fused-ring (bicyclic) bond motifs is 1. The van der Waals surface area contributed by atoms with Crippen LogP contribution in [0.25, 0.3) is 22.3 Å². The van der Waals surface area contributed by atoms with Crippen LogP contribution < -0.4 is 10.2 Å². The van der Waals surface area contributed by atoms with Gasteiger partial charge in [-0.3, -0.25) is 9.78 Å². The minimum Gasteiger partial charge on any atom is -0.372 e. The second-order valence-corrected chi connectivity index (χ2v) is 10.0. The zero-order chi connectivity index (χ0) is 26.1. The topological polar surface area (TPSA) is 80.2 Å². The van der Waals surface area contributed by atoms with Gasteiger partial charge in [-0.05, 0) is 82.1 Å². The van der Waals surface area contributed by atoms with Gasteiger partial charge in [0.15, 0.2) is 0 Å². The maximum Gasteiger partial charge on any atom is 0.251 e. The number of carbonyl (C=O) groups excluding carboxylic acids is 1. The molecular formula is C30H33N5O2. The zero-order valence-electron chi connectivity index (χ0n) is 22.1. The van der Waals surface area contributed by atoms with Gasteiger partial charge < -0.3 is 15.0 Å². The van der Waals surface area contributed by atoms with Gasteiger partial charge in [0, 0.05) is 30.2 Å². The van der Waals surface area contributed by atoms with Crippen molar-refractivity contribution in [2.45, 2.75) is 53.4 Å². The number of nitrogens with zero attached hydrogens (tertiary/aromatic N) is 4. The van der Waals surface area contributed by atoms with Gasteiger partial charge in [0.1, 0.15) is 5.82 Å². The van der Waals surface area contributed by atoms with Crippen molar-refractivity contribution in [2.75, 3.05) is 18.0 Å². The third-order valence-corrected chi connectivity index (χ3v) is 6.86. The highest BCUT2D eigenvalue weighted by atomic mass is 16.5. The molecule has 37 heavy (non-hydrogen) atoms. The third-order valence-electron chi connectivity index (χ3n) is 6.86. The molecule has 5 rings (SSSR count). The summed E-state index contributed by atoms with van der Waals surface area (Å²) in [6, 6.07) is 15.6. The average molecular weight is 496 g/mol. The molecule has 1 aromatic carbocycles. The first-order valence-corrected chi connectivity index (χ1v) is 12.8. The Balaban J connectivity index is 1.40. The number of morpholine rings is 1. The quantitative estimate of drug-likeness (QED) is 0.412. The summed E-state index contributed by atoms with van der Waals surface area (Å²) in [7, 11) is 0. The molecule has 0 spiro atoms. The molecule has 0 radical (unpaired) electrons. The minimum atomic E-state index is -0.123. The maximum absolute atomic E-state index is 12.5. The van der Waals surface area contributed by atoms with Gasteiger partial charge in [-0.1, -0.05) is 17.7 Å². The molecular weight excluding hydrogens is 462 g/mol. The number of nitrogens with one attached hydrogen (secondary N) is 1. The molecule has 7 heteroatoms. The molecule has 3 aromatic heterocycles. The first-order valence-electron chi connectivity index (χ1n) is 12.8. The van der Waals surface area contributed by atoms with E-state index >= 15 is 0 Å². The lowest BCUT2D eigenvalue weighted by Crippen LogP contribution is -2.46. The van der Waals surface area contributed by atoms with Crippen molar-refractivity contribution in [1.29, 1.82) is 0 Å². The number of amides is 1. The molecule has 0 saturated carbocycles. The van der Waals surface area contributed by atoms with Crippen LogP contribution in [0.1, 0.15) is 46.6 Å². The predicted molar refractivity (Wildman–Crippen MR) is 147 cm³/mol. The number of carbonyl (C=O) groups is 1. The van der Waals surface area contributed by atoms with Gasteiger partial charge in [0.2, 0.25) is 0 Å². The maximum atomic E-state index is 12.5. The summed E-state index contributed by atoms with van der Waals surface area (Å²) in [5.41, 5.74) is 7.35. The largest absolute Gasteiger partial charge is 0.372 e. The Morgan fingerprint density at radius 2 is 1.70 bits per heavy atom. The molecule has 1 saturated heterocycles. The zero-order valence-corrected chi connectivity index (χ0v) is 22.1. The van der Waals surface area contributed by atoms with E-state index in [0.717, 1.165) is 52.5 Å². The van der Waals surface area contributed by atoms with E-state index in [2.05, 4.69) is 49.0 Å². The fourth-order valence-electron chi connectivity index (χ4n) is 4.78. The number of rotatable bonds is 5. The molecule has 190 valence electrons. The molecule has 4 aromatic rings. The fourth-order valence-corrected chi connectivity index (χ4v) is 4.78. The Bertz CT molecular complexity index is 1440. The van der Waals surface area contributed by atoms with Crippen molar-refractivity contribution in [3.05, 3.63) is 82.7 Å². The van der Waals surface area contributed by atoms with Crippen LogP contribution in [0.15, 0.2) is 54.7 Å². The number of ether oxygens (including phenoxy) is 1. The van der Waals surface area contributed by atoms with E-state index in [9.17, 15) is 4.79 Å². The molecule has 7 nitrogen and oxygen atoms in total. The standard InChI is InChI=1S/C30H33N5O2/c1-18-6-8-23(9-7-18)30(36)32-15-25-13-27-24(14-31-25)10-11-26(33-27)28-12-19(2)22(5)29(34-28)35-16-20(3)37-21(4)17-35/h6-14,20-21H,15-17H2,1-5H3,(H,32,36)/t20-,21+. The first kappa shape index (κ1) is 24.8. The summed E-state index contributed by atoms with van der Waals surface area (Å²) < 4.78 is 5.93. The Morgan fingerprint density at radius 1 is 0.973 bits per heavy atom. The van der Waals surface area contributed by atoms with Gasteiger partial charge in [-0.15, -0.1) is 0 Å². The normalized spacial score (nSPS) is 17.7. The summed E-state index contributed by atoms with van der Waals surface area (Å²) in [5, 5.41) is 3.89. The van der Waals surface area contributed by atoms with Crippen LogP contribution in [0, 0.1) is 20.8 Å². The Kier molecular flexibility index (Phi) is 6.89. The average Bonchev–Trinajstić information content (AvgIpc) is 2.88. The lowest BCUT2D eigenvalue weighted by molar-refractivity contribution is -0.00549. The number of aryl methyl sites for hydroxylation is 2. The Morgan fingerprint density at radius 3 is 2.43 bits per heavy atom. The fraction of sp³-hybridized carbons (Fsp3) is 0.333. The Labute approximate surface area is 217 Å². The number of hydrogen-bond acceptors (Lipinski definition) is 6. The number of benzene rings is 1. The SMILES string of the molecule is Cc1ccc(C(=O)NCc2cc3nc(-c4cc(C)c(C)c(N5C[C@@H](C)O[C@@H](C)C5)n4)ccc3cn2)cc1. The number of anilines is 1. The van der Waals surface area contributed by atoms with E-state index in [1.54, 1.807) is 6.20 Å². The van der Waals surface area contributed by atoms with Gasteiger partial charge in [-0.2, -0.15) is 0 Å². The van der Waals surface area contributed by atoms with E-state index < -0.39 is 0 Å². The van der Waals surface area contributed by atoms with Gasteiger partial charge in [-0.25, -0.2) is 9.97 Å². The van der Waals surface area contributed by atoms with Crippen molar-refractivity contribution in [3.63, 3.8) is 0 Å². The van der Waals surface area contributed by atoms with Crippen LogP contribution in [0.2, 0.25) is 0 Å². The molecule has 1 fully saturated rings. The van der Waals surface area contributed by atoms with E-state index in [-0.39, 0.29) is 18.1 Å². The molecule has 1 aliphatic heterocycles. The number of pyridine rings is 3. The van der Waals surface area contributed by atoms with E-state index in [0.29, 0.717) is 12.1 Å². The molecule has 0 unspecified atom stereocenters. The second kappa shape index (κ2) is 10.3. The van der Waals surface area contributed by atoms with Crippen molar-refractivity contribution in [1.82, 2.24) is 20.3 Å². The summed E-state index contributed by atoms with van der Waals surface area (Å²) in [6.45, 7) is 12.4. The van der Waals surface area contributed by atoms with Crippen LogP contribution in [0.4, 0.5) is 5.82 Å². The summed E-state index contributed by atoms with van der Waals surface area (Å²) in [6.07, 6.45) is 2.12. The molecule has 0 aliphatic carbocycles. The molecule has 1 amide bonds. The van der Waals surface area contributed by atoms with Crippen LogP contribution in [0.3, 0.4) is 0 Å². The highest BCUT2D eigenvalue weighted by molar-refractivity contribution is 5.94. The van der Waals surface area contributed by atoms with Gasteiger partial charge in [0.25, 0.3) is 5.91 Å². The summed E-state index contributed by atoms with van der Waals surface area (Å²) in [4.78, 5) is 29.3. The van der Waals surface area contributed by atoms with Crippen LogP contribution in [0.5, 0.6) is 0 Å². The van der Waals surface area contributed by atoms with E-state index in [1.165, 1.54) is 11.1 Å². The molecule has 1 aliphatic rings. The molecule has 1 N–H and O–H groups in total. The lowest BCUT2D eigenvalue weighted by Gasteiger charge is -2.37. The summed E-state index contributed by atoms with van der Waals surface area (Å²) >= 11 is 0. The van der Waals surface area contributed by atoms with Gasteiger partial charge in [0.05, 0.1) is 41.4 Å². The molecule has 2 atom stereocenters. The van der Waals surface area contributed by atoms with Crippen molar-refractivity contribution >= 4 is 22.6 Å². The van der Waals surface area contributed by atoms with Crippen molar-refractivity contribution < 1.29 is 9.53 Å². The predicted octanol–water partition coefficient (Wildman–Crippen LogP) is 5.16. The number of hydrogen-bond donors (Lipinski definition) is 1. The van der Waals surface area contributed by atoms with Crippen LogP contribution >= 0.6 is 0 Å². The molecule has 4 heterocycles. The van der Waals surface area contributed by atoms with Crippen LogP contribution in [-0.4, -0.2) is 46.2 Å². The van der Waals surface area contributed by atoms with Crippen molar-refractivity contribution in [2.24, 2.45) is 0 Å². The highest BCUT2D eigenvalue weighted by Crippen LogP contribution is 2.29. The second-order valence-electron chi connectivity index (χ2n) is 10.0. The first-order chi connectivity index (χ1) is 17.8. The highest BCUT2D eigenvalue weighted by Gasteiger charge is 2.25. The number of aromatic nitrogens is 3. The van der Waals surface area contributed by atoms with Crippen LogP contribution in [-0.2, 0) is 11.3 Å². The minimum absolute atomic E-state index is 0.123. The molecule has 0 bridgehead atoms. The van der Waals surface area contributed by atoms with Gasteiger partial charge >= 0.3 is 0 Å². The van der Waals surface area contributed by atoms with E-state index in [1.807, 2.05) is 49.4 Å². The van der Waals surface area contributed by atoms with Crippen molar-refractivity contribution in [3.8, 4) is 11.4 Å². The monoisotopic (exact) mass is 495 g/mol. The summed E-state index contributed by atoms with van der Waals surface area (Å²) in [5.74, 6) is 0.871.